The first-order valence-corrected chi connectivity index (χ1v) is 7.05. The largest absolute Gasteiger partial charge is 0.299 e. The fourth-order valence-corrected chi connectivity index (χ4v) is 3.00. The van der Waals surface area contributed by atoms with Gasteiger partial charge in [-0.1, -0.05) is 11.6 Å². The van der Waals surface area contributed by atoms with Crippen LogP contribution in [-0.4, -0.2) is 29.8 Å². The van der Waals surface area contributed by atoms with Crippen LogP contribution in [0.4, 0.5) is 0 Å². The normalized spacial score (nSPS) is 22.4. The van der Waals surface area contributed by atoms with Crippen molar-refractivity contribution in [1.82, 2.24) is 10.2 Å². The molecule has 2 heterocycles. The zero-order chi connectivity index (χ0) is 13.3. The van der Waals surface area contributed by atoms with E-state index in [1.807, 2.05) is 18.4 Å². The predicted octanol–water partition coefficient (Wildman–Crippen LogP) is 2.20. The molecule has 1 N–H and O–H groups in total. The van der Waals surface area contributed by atoms with Crippen molar-refractivity contribution in [2.45, 2.75) is 31.8 Å². The Balaban J connectivity index is 2.01. The number of hydrogen-bond acceptors (Lipinski definition) is 4. The third kappa shape index (κ3) is 2.74. The van der Waals surface area contributed by atoms with Gasteiger partial charge in [-0.05, 0) is 30.4 Å². The van der Waals surface area contributed by atoms with E-state index in [2.05, 4.69) is 5.32 Å². The van der Waals surface area contributed by atoms with Crippen molar-refractivity contribution >= 4 is 34.8 Å². The fourth-order valence-electron chi connectivity index (χ4n) is 2.02. The number of piperidine rings is 1. The standard InChI is InChI=1S/C12H15ClN2O2S/c1-7(8-5-10(13)18-6-8)14-9-3-4-11(16)15(2)12(9)17/h5-7,9,14H,3-4H2,1-2H3. The topological polar surface area (TPSA) is 49.4 Å². The molecular formula is C12H15ClN2O2S. The number of amides is 2. The highest BCUT2D eigenvalue weighted by molar-refractivity contribution is 7.14. The monoisotopic (exact) mass is 286 g/mol. The summed E-state index contributed by atoms with van der Waals surface area (Å²) >= 11 is 7.36. The lowest BCUT2D eigenvalue weighted by molar-refractivity contribution is -0.148. The summed E-state index contributed by atoms with van der Waals surface area (Å²) in [6.07, 6.45) is 0.973. The van der Waals surface area contributed by atoms with Crippen LogP contribution in [0.2, 0.25) is 4.34 Å². The molecule has 4 nitrogen and oxygen atoms in total. The molecule has 2 amide bonds. The number of imide groups is 1. The van der Waals surface area contributed by atoms with Gasteiger partial charge in [0.15, 0.2) is 0 Å². The Morgan fingerprint density at radius 2 is 2.28 bits per heavy atom. The van der Waals surface area contributed by atoms with Gasteiger partial charge in [0, 0.05) is 19.5 Å². The number of rotatable bonds is 3. The zero-order valence-electron chi connectivity index (χ0n) is 10.3. The van der Waals surface area contributed by atoms with E-state index in [1.54, 1.807) is 0 Å². The van der Waals surface area contributed by atoms with Crippen LogP contribution >= 0.6 is 22.9 Å². The van der Waals surface area contributed by atoms with E-state index in [0.29, 0.717) is 12.8 Å². The molecule has 0 saturated carbocycles. The first kappa shape index (κ1) is 13.5. The summed E-state index contributed by atoms with van der Waals surface area (Å²) in [4.78, 5) is 24.5. The Labute approximate surface area is 115 Å². The maximum absolute atomic E-state index is 11.9. The molecule has 1 saturated heterocycles. The van der Waals surface area contributed by atoms with Crippen LogP contribution in [0.25, 0.3) is 0 Å². The number of nitrogens with zero attached hydrogens (tertiary/aromatic N) is 1. The average Bonchev–Trinajstić information content (AvgIpc) is 2.77. The number of nitrogens with one attached hydrogen (secondary N) is 1. The van der Waals surface area contributed by atoms with Crippen LogP contribution in [0.3, 0.4) is 0 Å². The molecule has 2 unspecified atom stereocenters. The molecule has 1 aromatic rings. The van der Waals surface area contributed by atoms with E-state index in [-0.39, 0.29) is 23.9 Å². The lowest BCUT2D eigenvalue weighted by Crippen LogP contribution is -2.51. The molecule has 2 atom stereocenters. The number of likely N-dealkylation sites (tertiary alicyclic amines) is 1. The Kier molecular flexibility index (Phi) is 4.04. The second-order valence-corrected chi connectivity index (χ2v) is 6.00. The molecule has 0 bridgehead atoms. The number of hydrogen-bond donors (Lipinski definition) is 1. The highest BCUT2D eigenvalue weighted by Crippen LogP contribution is 2.25. The number of carbonyl (C=O) groups is 2. The van der Waals surface area contributed by atoms with Crippen LogP contribution in [0.5, 0.6) is 0 Å². The predicted molar refractivity (Wildman–Crippen MR) is 71.7 cm³/mol. The molecule has 2 rings (SSSR count). The second-order valence-electron chi connectivity index (χ2n) is 4.45. The van der Waals surface area contributed by atoms with Crippen molar-refractivity contribution in [3.05, 3.63) is 21.3 Å². The summed E-state index contributed by atoms with van der Waals surface area (Å²) in [5.74, 6) is -0.260. The summed E-state index contributed by atoms with van der Waals surface area (Å²) in [6.45, 7) is 1.99. The van der Waals surface area contributed by atoms with Gasteiger partial charge in [0.1, 0.15) is 0 Å². The molecular weight excluding hydrogens is 272 g/mol. The van der Waals surface area contributed by atoms with Crippen LogP contribution in [-0.2, 0) is 9.59 Å². The van der Waals surface area contributed by atoms with Crippen LogP contribution in [0.1, 0.15) is 31.4 Å². The molecule has 6 heteroatoms. The summed E-state index contributed by atoms with van der Waals surface area (Å²) in [5.41, 5.74) is 1.07. The molecule has 98 valence electrons. The first-order chi connectivity index (χ1) is 8.49. The molecule has 1 aromatic heterocycles. The summed E-state index contributed by atoms with van der Waals surface area (Å²) in [5, 5.41) is 5.23. The summed E-state index contributed by atoms with van der Waals surface area (Å²) in [6, 6.07) is 1.65. The smallest absolute Gasteiger partial charge is 0.246 e. The Morgan fingerprint density at radius 1 is 1.56 bits per heavy atom. The highest BCUT2D eigenvalue weighted by Gasteiger charge is 2.32. The van der Waals surface area contributed by atoms with Gasteiger partial charge in [-0.15, -0.1) is 11.3 Å². The summed E-state index contributed by atoms with van der Waals surface area (Å²) in [7, 11) is 1.53. The van der Waals surface area contributed by atoms with Gasteiger partial charge in [-0.2, -0.15) is 0 Å². The van der Waals surface area contributed by atoms with Gasteiger partial charge in [-0.25, -0.2) is 0 Å². The van der Waals surface area contributed by atoms with Crippen molar-refractivity contribution in [3.8, 4) is 0 Å². The molecule has 1 aliphatic heterocycles. The van der Waals surface area contributed by atoms with E-state index < -0.39 is 0 Å². The van der Waals surface area contributed by atoms with Gasteiger partial charge < -0.3 is 0 Å². The molecule has 0 aliphatic carbocycles. The lowest BCUT2D eigenvalue weighted by atomic mass is 10.0. The summed E-state index contributed by atoms with van der Waals surface area (Å²) < 4.78 is 0.737. The van der Waals surface area contributed by atoms with Crippen LogP contribution in [0.15, 0.2) is 11.4 Å². The Bertz CT molecular complexity index is 474. The second kappa shape index (κ2) is 5.38. The molecule has 1 fully saturated rings. The van der Waals surface area contributed by atoms with Crippen LogP contribution in [0, 0.1) is 0 Å². The average molecular weight is 287 g/mol. The van der Waals surface area contributed by atoms with Crippen molar-refractivity contribution in [2.24, 2.45) is 0 Å². The first-order valence-electron chi connectivity index (χ1n) is 5.79. The molecule has 0 spiro atoms. The number of halogens is 1. The zero-order valence-corrected chi connectivity index (χ0v) is 11.8. The Hall–Kier alpha value is -0.910. The number of likely N-dealkylation sites (N-methyl/N-ethyl adjacent to an activating group) is 1. The van der Waals surface area contributed by atoms with Crippen molar-refractivity contribution < 1.29 is 9.59 Å². The maximum atomic E-state index is 11.9. The fraction of sp³-hybridized carbons (Fsp3) is 0.500. The van der Waals surface area contributed by atoms with Crippen LogP contribution < -0.4 is 5.32 Å². The lowest BCUT2D eigenvalue weighted by Gasteiger charge is -2.30. The van der Waals surface area contributed by atoms with Gasteiger partial charge in [0.05, 0.1) is 10.4 Å². The number of thiophene rings is 1. The highest BCUT2D eigenvalue weighted by atomic mass is 35.5. The van der Waals surface area contributed by atoms with E-state index in [1.165, 1.54) is 23.3 Å². The maximum Gasteiger partial charge on any atom is 0.246 e. The molecule has 0 radical (unpaired) electrons. The minimum atomic E-state index is -0.290. The van der Waals surface area contributed by atoms with E-state index in [9.17, 15) is 9.59 Å². The third-order valence-electron chi connectivity index (χ3n) is 3.19. The van der Waals surface area contributed by atoms with Gasteiger partial charge in [0.25, 0.3) is 0 Å². The quantitative estimate of drug-likeness (QED) is 0.867. The van der Waals surface area contributed by atoms with Gasteiger partial charge in [-0.3, -0.25) is 19.8 Å². The third-order valence-corrected chi connectivity index (χ3v) is 4.30. The molecule has 18 heavy (non-hydrogen) atoms. The Morgan fingerprint density at radius 3 is 2.89 bits per heavy atom. The molecule has 1 aliphatic rings. The van der Waals surface area contributed by atoms with Crippen molar-refractivity contribution in [2.75, 3.05) is 7.05 Å². The molecule has 0 aromatic carbocycles. The van der Waals surface area contributed by atoms with Gasteiger partial charge >= 0.3 is 0 Å². The van der Waals surface area contributed by atoms with E-state index >= 15 is 0 Å². The SMILES string of the molecule is CC(NC1CCC(=O)N(C)C1=O)c1csc(Cl)c1. The number of carbonyl (C=O) groups excluding carboxylic acids is 2. The minimum absolute atomic E-state index is 0.0457. The van der Waals surface area contributed by atoms with Crippen molar-refractivity contribution in [1.29, 1.82) is 0 Å². The van der Waals surface area contributed by atoms with Crippen molar-refractivity contribution in [3.63, 3.8) is 0 Å². The van der Waals surface area contributed by atoms with Gasteiger partial charge in [0.2, 0.25) is 11.8 Å². The minimum Gasteiger partial charge on any atom is -0.299 e. The van der Waals surface area contributed by atoms with E-state index in [4.69, 9.17) is 11.6 Å². The van der Waals surface area contributed by atoms with E-state index in [0.717, 1.165) is 9.90 Å².